The van der Waals surface area contributed by atoms with Gasteiger partial charge >= 0.3 is 5.97 Å². The smallest absolute Gasteiger partial charge is 0.337 e. The number of rotatable bonds is 3. The van der Waals surface area contributed by atoms with Crippen LogP contribution >= 0.6 is 0 Å². The van der Waals surface area contributed by atoms with E-state index >= 15 is 0 Å². The fourth-order valence-electron chi connectivity index (χ4n) is 2.63. The lowest BCUT2D eigenvalue weighted by Gasteiger charge is -2.09. The molecule has 0 atom stereocenters. The van der Waals surface area contributed by atoms with E-state index in [0.29, 0.717) is 16.8 Å². The predicted molar refractivity (Wildman–Crippen MR) is 90.5 cm³/mol. The van der Waals surface area contributed by atoms with Crippen LogP contribution in [0, 0.1) is 6.92 Å². The number of aromatic nitrogens is 2. The highest BCUT2D eigenvalue weighted by molar-refractivity contribution is 5.91. The number of aryl methyl sites for hydroxylation is 1. The average Bonchev–Trinajstić information content (AvgIpc) is 3.00. The summed E-state index contributed by atoms with van der Waals surface area (Å²) in [5, 5.41) is 36.4. The first-order valence-electron chi connectivity index (χ1n) is 7.42. The van der Waals surface area contributed by atoms with E-state index in [-0.39, 0.29) is 5.56 Å². The van der Waals surface area contributed by atoms with Gasteiger partial charge in [-0.3, -0.25) is 5.10 Å². The Morgan fingerprint density at radius 2 is 1.72 bits per heavy atom. The molecule has 0 saturated heterocycles. The van der Waals surface area contributed by atoms with Gasteiger partial charge in [-0.15, -0.1) is 0 Å². The third kappa shape index (κ3) is 2.76. The maximum absolute atomic E-state index is 11.6. The molecule has 0 unspecified atom stereocenters. The number of benzene rings is 2. The minimum absolute atomic E-state index is 0.270. The Balaban J connectivity index is 2.12. The summed E-state index contributed by atoms with van der Waals surface area (Å²) >= 11 is 0. The van der Waals surface area contributed by atoms with Crippen molar-refractivity contribution in [3.8, 4) is 39.6 Å². The van der Waals surface area contributed by atoms with Crippen molar-refractivity contribution < 1.29 is 24.9 Å². The van der Waals surface area contributed by atoms with E-state index in [9.17, 15) is 20.1 Å². The Bertz CT molecular complexity index is 945. The molecule has 2 aromatic carbocycles. The molecule has 0 fully saturated rings. The molecule has 0 saturated carbocycles. The second-order valence-electron chi connectivity index (χ2n) is 5.47. The van der Waals surface area contributed by atoms with E-state index in [2.05, 4.69) is 14.9 Å². The Morgan fingerprint density at radius 3 is 2.36 bits per heavy atom. The standard InChI is InChI=1S/C18H16N2O5/c1-9-14(10-3-5-11(6-4-10)18(24)25-2)15(20-19-9)12-7-8-13(21)17(23)16(12)22/h3-8,21-23H,1-2H3,(H,19,20). The third-order valence-corrected chi connectivity index (χ3v) is 3.93. The zero-order valence-electron chi connectivity index (χ0n) is 13.6. The molecule has 0 bridgehead atoms. The van der Waals surface area contributed by atoms with Gasteiger partial charge < -0.3 is 20.1 Å². The number of hydrogen-bond acceptors (Lipinski definition) is 6. The van der Waals surface area contributed by atoms with Gasteiger partial charge in [0.05, 0.1) is 12.7 Å². The van der Waals surface area contributed by atoms with Gasteiger partial charge in [-0.2, -0.15) is 5.10 Å². The molecule has 1 aromatic heterocycles. The van der Waals surface area contributed by atoms with Crippen LogP contribution in [0.25, 0.3) is 22.4 Å². The van der Waals surface area contributed by atoms with Crippen molar-refractivity contribution in [1.29, 1.82) is 0 Å². The second kappa shape index (κ2) is 6.20. The van der Waals surface area contributed by atoms with Crippen molar-refractivity contribution in [2.45, 2.75) is 6.92 Å². The Kier molecular flexibility index (Phi) is 4.06. The lowest BCUT2D eigenvalue weighted by atomic mass is 9.97. The molecule has 0 aliphatic rings. The van der Waals surface area contributed by atoms with Gasteiger partial charge in [0, 0.05) is 16.8 Å². The topological polar surface area (TPSA) is 116 Å². The van der Waals surface area contributed by atoms with Crippen molar-refractivity contribution in [3.05, 3.63) is 47.7 Å². The van der Waals surface area contributed by atoms with Gasteiger partial charge in [-0.25, -0.2) is 4.79 Å². The Hall–Kier alpha value is -3.48. The maximum atomic E-state index is 11.6. The maximum Gasteiger partial charge on any atom is 0.337 e. The molecule has 25 heavy (non-hydrogen) atoms. The molecule has 0 amide bonds. The van der Waals surface area contributed by atoms with Gasteiger partial charge in [0.25, 0.3) is 0 Å². The van der Waals surface area contributed by atoms with Crippen molar-refractivity contribution in [1.82, 2.24) is 10.2 Å². The van der Waals surface area contributed by atoms with Crippen LogP contribution in [-0.4, -0.2) is 38.6 Å². The summed E-state index contributed by atoms with van der Waals surface area (Å²) in [5.41, 5.74) is 3.31. The summed E-state index contributed by atoms with van der Waals surface area (Å²) in [6, 6.07) is 9.48. The summed E-state index contributed by atoms with van der Waals surface area (Å²) in [7, 11) is 1.31. The van der Waals surface area contributed by atoms with E-state index in [1.165, 1.54) is 19.2 Å². The number of aromatic amines is 1. The van der Waals surface area contributed by atoms with Gasteiger partial charge in [0.2, 0.25) is 5.75 Å². The second-order valence-corrected chi connectivity index (χ2v) is 5.47. The molecule has 3 aromatic rings. The number of nitrogens with zero attached hydrogens (tertiary/aromatic N) is 1. The fraction of sp³-hybridized carbons (Fsp3) is 0.111. The number of nitrogens with one attached hydrogen (secondary N) is 1. The number of phenols is 3. The van der Waals surface area contributed by atoms with Crippen molar-refractivity contribution >= 4 is 5.97 Å². The first-order chi connectivity index (χ1) is 11.9. The minimum atomic E-state index is -0.606. The number of hydrogen-bond donors (Lipinski definition) is 4. The number of carbonyl (C=O) groups excluding carboxylic acids is 1. The quantitative estimate of drug-likeness (QED) is 0.430. The first kappa shape index (κ1) is 16.4. The van der Waals surface area contributed by atoms with Crippen molar-refractivity contribution in [2.75, 3.05) is 7.11 Å². The van der Waals surface area contributed by atoms with Crippen molar-refractivity contribution in [3.63, 3.8) is 0 Å². The molecular formula is C18H16N2O5. The minimum Gasteiger partial charge on any atom is -0.504 e. The van der Waals surface area contributed by atoms with Crippen LogP contribution < -0.4 is 0 Å². The lowest BCUT2D eigenvalue weighted by molar-refractivity contribution is 0.0600. The molecule has 3 rings (SSSR count). The van der Waals surface area contributed by atoms with Gasteiger partial charge in [0.1, 0.15) is 5.69 Å². The molecule has 0 aliphatic heterocycles. The molecule has 0 aliphatic carbocycles. The molecular weight excluding hydrogens is 324 g/mol. The van der Waals surface area contributed by atoms with E-state index in [1.54, 1.807) is 24.3 Å². The first-order valence-corrected chi connectivity index (χ1v) is 7.42. The summed E-state index contributed by atoms with van der Waals surface area (Å²) in [4.78, 5) is 11.6. The summed E-state index contributed by atoms with van der Waals surface area (Å²) in [6.07, 6.45) is 0. The number of esters is 1. The van der Waals surface area contributed by atoms with E-state index < -0.39 is 23.2 Å². The van der Waals surface area contributed by atoms with Gasteiger partial charge in [-0.05, 0) is 36.8 Å². The van der Waals surface area contributed by atoms with Crippen LogP contribution in [0.3, 0.4) is 0 Å². The summed E-state index contributed by atoms with van der Waals surface area (Å²) < 4.78 is 4.68. The number of phenolic OH excluding ortho intramolecular Hbond substituents is 3. The zero-order valence-corrected chi connectivity index (χ0v) is 13.6. The van der Waals surface area contributed by atoms with E-state index in [0.717, 1.165) is 11.3 Å². The normalized spacial score (nSPS) is 10.6. The Labute approximate surface area is 143 Å². The molecule has 7 heteroatoms. The van der Waals surface area contributed by atoms with Gasteiger partial charge in [0.15, 0.2) is 11.5 Å². The van der Waals surface area contributed by atoms with E-state index in [4.69, 9.17) is 0 Å². The van der Waals surface area contributed by atoms with Crippen LogP contribution in [0.15, 0.2) is 36.4 Å². The highest BCUT2D eigenvalue weighted by Gasteiger charge is 2.20. The largest absolute Gasteiger partial charge is 0.504 e. The summed E-state index contributed by atoms with van der Waals surface area (Å²) in [6.45, 7) is 1.82. The van der Waals surface area contributed by atoms with Crippen molar-refractivity contribution in [2.24, 2.45) is 0 Å². The number of methoxy groups -OCH3 is 1. The van der Waals surface area contributed by atoms with Crippen LogP contribution in [0.2, 0.25) is 0 Å². The molecule has 7 nitrogen and oxygen atoms in total. The Morgan fingerprint density at radius 1 is 1.04 bits per heavy atom. The number of ether oxygens (including phenoxy) is 1. The van der Waals surface area contributed by atoms with Crippen LogP contribution in [0.4, 0.5) is 0 Å². The average molecular weight is 340 g/mol. The molecule has 128 valence electrons. The zero-order chi connectivity index (χ0) is 18.1. The number of aromatic hydroxyl groups is 3. The third-order valence-electron chi connectivity index (χ3n) is 3.93. The summed E-state index contributed by atoms with van der Waals surface area (Å²) in [5.74, 6) is -1.92. The van der Waals surface area contributed by atoms with Gasteiger partial charge in [-0.1, -0.05) is 12.1 Å². The molecule has 4 N–H and O–H groups in total. The van der Waals surface area contributed by atoms with Crippen LogP contribution in [0.1, 0.15) is 16.1 Å². The molecule has 1 heterocycles. The highest BCUT2D eigenvalue weighted by Crippen LogP contribution is 2.44. The van der Waals surface area contributed by atoms with E-state index in [1.807, 2.05) is 6.92 Å². The fourth-order valence-corrected chi connectivity index (χ4v) is 2.63. The monoisotopic (exact) mass is 340 g/mol. The SMILES string of the molecule is COC(=O)c1ccc(-c2c(-c3ccc(O)c(O)c3O)n[nH]c2C)cc1. The van der Waals surface area contributed by atoms with Crippen LogP contribution in [0.5, 0.6) is 17.2 Å². The molecule has 0 spiro atoms. The number of H-pyrrole nitrogens is 1. The predicted octanol–water partition coefficient (Wildman–Crippen LogP) is 2.96. The van der Waals surface area contributed by atoms with Crippen LogP contribution in [-0.2, 0) is 4.74 Å². The highest BCUT2D eigenvalue weighted by atomic mass is 16.5. The lowest BCUT2D eigenvalue weighted by Crippen LogP contribution is -2.00. The number of carbonyl (C=O) groups is 1. The molecule has 0 radical (unpaired) electrons.